The number of piperidine rings is 1. The number of likely N-dealkylation sites (tertiary alicyclic amines) is 1. The fraction of sp³-hybridized carbons (Fsp3) is 0.917. The molecule has 0 aromatic heterocycles. The Labute approximate surface area is 98.9 Å². The number of nitrogens with zero attached hydrogens (tertiary/aromatic N) is 2. The number of nitrogens with two attached hydrogens (primary N) is 1. The molecule has 0 aromatic rings. The maximum absolute atomic E-state index is 5.98. The second-order valence-electron chi connectivity index (χ2n) is 5.31. The summed E-state index contributed by atoms with van der Waals surface area (Å²) >= 11 is 0. The summed E-state index contributed by atoms with van der Waals surface area (Å²) in [7, 11) is 1.70. The minimum Gasteiger partial charge on any atom is -0.377 e. The fourth-order valence-electron chi connectivity index (χ4n) is 1.67. The number of rotatable bonds is 3. The van der Waals surface area contributed by atoms with Crippen LogP contribution in [0.1, 0.15) is 33.6 Å². The van der Waals surface area contributed by atoms with Crippen molar-refractivity contribution in [3.05, 3.63) is 0 Å². The first kappa shape index (κ1) is 13.3. The van der Waals surface area contributed by atoms with Crippen LogP contribution in [0.15, 0.2) is 4.99 Å². The van der Waals surface area contributed by atoms with Gasteiger partial charge in [-0.3, -0.25) is 4.99 Å². The standard InChI is InChI=1S/C12H25N3O/c1-10-5-7-15(8-6-10)11(13)14-9-12(2,3)16-4/h10H,5-9H2,1-4H3,(H2,13,14). The maximum Gasteiger partial charge on any atom is 0.191 e. The SMILES string of the molecule is COC(C)(C)CN=C(N)N1CCC(C)CC1. The molecular weight excluding hydrogens is 202 g/mol. The van der Waals surface area contributed by atoms with Gasteiger partial charge in [-0.05, 0) is 32.6 Å². The van der Waals surface area contributed by atoms with Crippen LogP contribution in [0.25, 0.3) is 0 Å². The third kappa shape index (κ3) is 4.00. The largest absolute Gasteiger partial charge is 0.377 e. The van der Waals surface area contributed by atoms with E-state index in [1.165, 1.54) is 12.8 Å². The second kappa shape index (κ2) is 5.53. The lowest BCUT2D eigenvalue weighted by atomic mass is 10.00. The van der Waals surface area contributed by atoms with Gasteiger partial charge in [-0.1, -0.05) is 6.92 Å². The number of methoxy groups -OCH3 is 1. The molecule has 1 aliphatic rings. The summed E-state index contributed by atoms with van der Waals surface area (Å²) in [4.78, 5) is 6.58. The molecule has 0 atom stereocenters. The first-order valence-corrected chi connectivity index (χ1v) is 6.04. The molecule has 1 fully saturated rings. The molecule has 16 heavy (non-hydrogen) atoms. The highest BCUT2D eigenvalue weighted by atomic mass is 16.5. The van der Waals surface area contributed by atoms with E-state index in [1.54, 1.807) is 7.11 Å². The Morgan fingerprint density at radius 2 is 2.00 bits per heavy atom. The fourth-order valence-corrected chi connectivity index (χ4v) is 1.67. The molecule has 0 aliphatic carbocycles. The summed E-state index contributed by atoms with van der Waals surface area (Å²) in [5.41, 5.74) is 5.75. The maximum atomic E-state index is 5.98. The van der Waals surface area contributed by atoms with Crippen molar-refractivity contribution in [2.75, 3.05) is 26.7 Å². The third-order valence-electron chi connectivity index (χ3n) is 3.28. The van der Waals surface area contributed by atoms with E-state index in [-0.39, 0.29) is 5.60 Å². The predicted octanol–water partition coefficient (Wildman–Crippen LogP) is 1.46. The van der Waals surface area contributed by atoms with Gasteiger partial charge in [-0.15, -0.1) is 0 Å². The average Bonchev–Trinajstić information content (AvgIpc) is 2.27. The van der Waals surface area contributed by atoms with Gasteiger partial charge in [0, 0.05) is 20.2 Å². The van der Waals surface area contributed by atoms with Gasteiger partial charge in [0.1, 0.15) is 0 Å². The van der Waals surface area contributed by atoms with Crippen molar-refractivity contribution in [2.24, 2.45) is 16.6 Å². The zero-order chi connectivity index (χ0) is 12.2. The summed E-state index contributed by atoms with van der Waals surface area (Å²) in [6.45, 7) is 9.00. The summed E-state index contributed by atoms with van der Waals surface area (Å²) in [5.74, 6) is 1.48. The van der Waals surface area contributed by atoms with Gasteiger partial charge < -0.3 is 15.4 Å². The number of ether oxygens (including phenoxy) is 1. The Balaban J connectivity index is 2.44. The number of hydrogen-bond donors (Lipinski definition) is 1. The van der Waals surface area contributed by atoms with Crippen LogP contribution in [-0.2, 0) is 4.74 Å². The molecular formula is C12H25N3O. The van der Waals surface area contributed by atoms with Gasteiger partial charge in [-0.25, -0.2) is 0 Å². The van der Waals surface area contributed by atoms with Crippen molar-refractivity contribution in [3.8, 4) is 0 Å². The molecule has 1 heterocycles. The Bertz CT molecular complexity index is 243. The minimum absolute atomic E-state index is 0.228. The van der Waals surface area contributed by atoms with E-state index in [2.05, 4.69) is 16.8 Å². The van der Waals surface area contributed by atoms with E-state index in [4.69, 9.17) is 10.5 Å². The van der Waals surface area contributed by atoms with Crippen molar-refractivity contribution in [3.63, 3.8) is 0 Å². The highest BCUT2D eigenvalue weighted by molar-refractivity contribution is 5.78. The molecule has 0 spiro atoms. The molecule has 1 aliphatic heterocycles. The van der Waals surface area contributed by atoms with E-state index in [1.807, 2.05) is 13.8 Å². The first-order chi connectivity index (χ1) is 7.44. The Morgan fingerprint density at radius 3 is 2.50 bits per heavy atom. The Morgan fingerprint density at radius 1 is 1.44 bits per heavy atom. The molecule has 0 bridgehead atoms. The van der Waals surface area contributed by atoms with Crippen LogP contribution in [-0.4, -0.2) is 43.2 Å². The quantitative estimate of drug-likeness (QED) is 0.586. The van der Waals surface area contributed by atoms with E-state index >= 15 is 0 Å². The molecule has 2 N–H and O–H groups in total. The van der Waals surface area contributed by atoms with E-state index in [0.29, 0.717) is 12.5 Å². The first-order valence-electron chi connectivity index (χ1n) is 6.04. The molecule has 0 unspecified atom stereocenters. The molecule has 0 amide bonds. The lowest BCUT2D eigenvalue weighted by molar-refractivity contribution is 0.0309. The predicted molar refractivity (Wildman–Crippen MR) is 67.5 cm³/mol. The monoisotopic (exact) mass is 227 g/mol. The number of aliphatic imine (C=N–C) groups is 1. The summed E-state index contributed by atoms with van der Waals surface area (Å²) < 4.78 is 5.31. The zero-order valence-corrected chi connectivity index (χ0v) is 11.0. The molecule has 1 rings (SSSR count). The van der Waals surface area contributed by atoms with Crippen molar-refractivity contribution in [1.29, 1.82) is 0 Å². The molecule has 0 saturated carbocycles. The average molecular weight is 227 g/mol. The van der Waals surface area contributed by atoms with Crippen molar-refractivity contribution >= 4 is 5.96 Å². The molecule has 94 valence electrons. The molecule has 1 saturated heterocycles. The van der Waals surface area contributed by atoms with Gasteiger partial charge in [0.25, 0.3) is 0 Å². The third-order valence-corrected chi connectivity index (χ3v) is 3.28. The number of guanidine groups is 1. The van der Waals surface area contributed by atoms with Crippen molar-refractivity contribution in [2.45, 2.75) is 39.2 Å². The van der Waals surface area contributed by atoms with Gasteiger partial charge in [0.2, 0.25) is 0 Å². The second-order valence-corrected chi connectivity index (χ2v) is 5.31. The molecule has 4 heteroatoms. The lowest BCUT2D eigenvalue weighted by Crippen LogP contribution is -2.43. The van der Waals surface area contributed by atoms with Gasteiger partial charge >= 0.3 is 0 Å². The van der Waals surface area contributed by atoms with Crippen LogP contribution in [0.5, 0.6) is 0 Å². The Hall–Kier alpha value is -0.770. The summed E-state index contributed by atoms with van der Waals surface area (Å²) in [6, 6.07) is 0. The normalized spacial score (nSPS) is 20.2. The highest BCUT2D eigenvalue weighted by Crippen LogP contribution is 2.15. The molecule has 0 radical (unpaired) electrons. The Kier molecular flexibility index (Phi) is 4.59. The highest BCUT2D eigenvalue weighted by Gasteiger charge is 2.19. The summed E-state index contributed by atoms with van der Waals surface area (Å²) in [6.07, 6.45) is 2.42. The summed E-state index contributed by atoms with van der Waals surface area (Å²) in [5, 5.41) is 0. The van der Waals surface area contributed by atoms with E-state index < -0.39 is 0 Å². The van der Waals surface area contributed by atoms with E-state index in [9.17, 15) is 0 Å². The molecule has 0 aromatic carbocycles. The van der Waals surface area contributed by atoms with Crippen LogP contribution in [0, 0.1) is 5.92 Å². The van der Waals surface area contributed by atoms with Crippen LogP contribution in [0.2, 0.25) is 0 Å². The topological polar surface area (TPSA) is 50.9 Å². The van der Waals surface area contributed by atoms with Crippen molar-refractivity contribution in [1.82, 2.24) is 4.90 Å². The van der Waals surface area contributed by atoms with E-state index in [0.717, 1.165) is 19.0 Å². The minimum atomic E-state index is -0.228. The van der Waals surface area contributed by atoms with Crippen LogP contribution in [0.4, 0.5) is 0 Å². The van der Waals surface area contributed by atoms with Gasteiger partial charge in [0.15, 0.2) is 5.96 Å². The van der Waals surface area contributed by atoms with Crippen LogP contribution < -0.4 is 5.73 Å². The number of hydrogen-bond acceptors (Lipinski definition) is 2. The van der Waals surface area contributed by atoms with Crippen LogP contribution >= 0.6 is 0 Å². The van der Waals surface area contributed by atoms with Crippen LogP contribution in [0.3, 0.4) is 0 Å². The van der Waals surface area contributed by atoms with Gasteiger partial charge in [0.05, 0.1) is 12.1 Å². The van der Waals surface area contributed by atoms with Crippen molar-refractivity contribution < 1.29 is 4.74 Å². The molecule has 4 nitrogen and oxygen atoms in total. The smallest absolute Gasteiger partial charge is 0.191 e. The lowest BCUT2D eigenvalue weighted by Gasteiger charge is -2.31. The van der Waals surface area contributed by atoms with Gasteiger partial charge in [-0.2, -0.15) is 0 Å². The zero-order valence-electron chi connectivity index (χ0n) is 11.0.